The second-order valence-electron chi connectivity index (χ2n) is 26.5. The van der Waals surface area contributed by atoms with E-state index in [9.17, 15) is 0 Å². The van der Waals surface area contributed by atoms with Gasteiger partial charge in [-0.25, -0.2) is 0 Å². The van der Waals surface area contributed by atoms with Crippen LogP contribution in [0.4, 0.5) is 34.1 Å². The monoisotopic (exact) mass is 932 g/mol. The first-order chi connectivity index (χ1) is 33.9. The van der Waals surface area contributed by atoms with Gasteiger partial charge in [0.1, 0.15) is 0 Å². The van der Waals surface area contributed by atoms with Crippen molar-refractivity contribution in [3.63, 3.8) is 0 Å². The molecule has 3 heterocycles. The van der Waals surface area contributed by atoms with Gasteiger partial charge in [0, 0.05) is 56.5 Å². The third-order valence-corrected chi connectivity index (χ3v) is 18.5. The smallest absolute Gasteiger partial charge is 0.252 e. The van der Waals surface area contributed by atoms with E-state index < -0.39 is 0 Å². The zero-order chi connectivity index (χ0) is 49.1. The molecule has 1 atom stereocenters. The molecule has 4 fully saturated rings. The van der Waals surface area contributed by atoms with E-state index in [1.165, 1.54) is 139 Å². The van der Waals surface area contributed by atoms with Crippen LogP contribution in [-0.4, -0.2) is 11.3 Å². The Balaban J connectivity index is 1.16. The van der Waals surface area contributed by atoms with E-state index in [2.05, 4.69) is 218 Å². The van der Waals surface area contributed by atoms with Gasteiger partial charge < -0.3 is 14.4 Å². The molecule has 71 heavy (non-hydrogen) atoms. The van der Waals surface area contributed by atoms with Crippen LogP contribution in [0, 0.1) is 23.7 Å². The van der Waals surface area contributed by atoms with E-state index in [1.54, 1.807) is 5.56 Å². The molecule has 0 spiro atoms. The van der Waals surface area contributed by atoms with Gasteiger partial charge in [0.05, 0.1) is 5.52 Å². The number of nitrogens with zero attached hydrogens (tertiary/aromatic N) is 3. The van der Waals surface area contributed by atoms with E-state index in [4.69, 9.17) is 0 Å². The molecule has 2 aliphatic heterocycles. The molecular weight excluding hydrogens is 858 g/mol. The van der Waals surface area contributed by atoms with Gasteiger partial charge in [0.2, 0.25) is 0 Å². The van der Waals surface area contributed by atoms with Crippen molar-refractivity contribution >= 4 is 74.2 Å². The van der Waals surface area contributed by atoms with Gasteiger partial charge in [-0.1, -0.05) is 155 Å². The summed E-state index contributed by atoms with van der Waals surface area (Å²) in [7, 11) is 0. The second kappa shape index (κ2) is 15.6. The van der Waals surface area contributed by atoms with Gasteiger partial charge in [-0.15, -0.1) is 0 Å². The van der Waals surface area contributed by atoms with Gasteiger partial charge in [-0.3, -0.25) is 0 Å². The molecule has 4 heteroatoms. The van der Waals surface area contributed by atoms with Crippen molar-refractivity contribution in [3.8, 4) is 5.69 Å². The van der Waals surface area contributed by atoms with Gasteiger partial charge in [-0.2, -0.15) is 0 Å². The van der Waals surface area contributed by atoms with Crippen LogP contribution in [0.3, 0.4) is 0 Å². The number of allylic oxidation sites excluding steroid dienone is 1. The SMILES string of the molecule is CCc1ccc(N2c3ccc(C(C)(C)C)cc3B3c4cc(C(C)(C)C)ccc4N(c4ccc(C(C)(C)C)cc4)c4cc(-n5c6c(c7cccc(C89CC%10CC(CC(C%10)C8)C9)c75)C=CC(C)C6)cc2c43)cc1. The third kappa shape index (κ3) is 7.03. The molecule has 4 bridgehead atoms. The Labute approximate surface area is 425 Å². The lowest BCUT2D eigenvalue weighted by molar-refractivity contribution is -0.00460. The molecule has 7 aromatic rings. The third-order valence-electron chi connectivity index (χ3n) is 18.5. The van der Waals surface area contributed by atoms with Crippen LogP contribution in [0.5, 0.6) is 0 Å². The maximum Gasteiger partial charge on any atom is 0.252 e. The lowest BCUT2D eigenvalue weighted by Gasteiger charge is -2.57. The van der Waals surface area contributed by atoms with Crippen LogP contribution in [0.15, 0.2) is 121 Å². The molecule has 0 saturated heterocycles. The van der Waals surface area contributed by atoms with Crippen molar-refractivity contribution in [3.05, 3.63) is 160 Å². The molecule has 7 aliphatic rings. The largest absolute Gasteiger partial charge is 0.313 e. The standard InChI is InChI=1S/C67H74BN3/c1-12-42-17-23-49(24-18-42)69-57-28-21-47(65(6,7)8)34-55(57)68-56-35-48(66(9,10)11)22-29-58(56)70(50-25-19-46(20-26-50)64(3,4)5)61-37-51(36-60(69)62(61)68)71-59-30-41(2)16-27-52(59)53-14-13-15-54(63(53)71)67-38-43-31-44(39-67)33-45(32-43)40-67/h13-29,34-37,41,43-45H,12,30-33,38-40H2,1-11H3. The zero-order valence-electron chi connectivity index (χ0n) is 44.5. The predicted octanol–water partition coefficient (Wildman–Crippen LogP) is 15.8. The van der Waals surface area contributed by atoms with Crippen molar-refractivity contribution in [2.24, 2.45) is 23.7 Å². The van der Waals surface area contributed by atoms with E-state index >= 15 is 0 Å². The fraction of sp³-hybridized carbons (Fsp3) is 0.403. The fourth-order valence-corrected chi connectivity index (χ4v) is 15.2. The number of para-hydroxylation sites is 1. The number of anilines is 6. The Morgan fingerprint density at radius 2 is 1.07 bits per heavy atom. The average Bonchev–Trinajstić information content (AvgIpc) is 3.65. The summed E-state index contributed by atoms with van der Waals surface area (Å²) >= 11 is 0. The molecule has 14 rings (SSSR count). The van der Waals surface area contributed by atoms with Crippen LogP contribution in [0.1, 0.15) is 154 Å². The minimum Gasteiger partial charge on any atom is -0.313 e. The Morgan fingerprint density at radius 1 is 0.563 bits per heavy atom. The maximum atomic E-state index is 2.82. The van der Waals surface area contributed by atoms with E-state index in [1.807, 2.05) is 0 Å². The van der Waals surface area contributed by atoms with Crippen molar-refractivity contribution in [1.82, 2.24) is 4.57 Å². The highest BCUT2D eigenvalue weighted by Crippen LogP contribution is 2.62. The van der Waals surface area contributed by atoms with Crippen LogP contribution in [0.25, 0.3) is 22.7 Å². The van der Waals surface area contributed by atoms with E-state index in [0.29, 0.717) is 5.92 Å². The summed E-state index contributed by atoms with van der Waals surface area (Å²) in [5.41, 5.74) is 24.7. The Bertz CT molecular complexity index is 3290. The molecule has 5 aliphatic carbocycles. The van der Waals surface area contributed by atoms with E-state index in [0.717, 1.165) is 30.6 Å². The van der Waals surface area contributed by atoms with Crippen LogP contribution in [-0.2, 0) is 34.5 Å². The number of rotatable bonds is 5. The number of aryl methyl sites for hydroxylation is 1. The van der Waals surface area contributed by atoms with Crippen LogP contribution >= 0.6 is 0 Å². The molecule has 1 aromatic heterocycles. The summed E-state index contributed by atoms with van der Waals surface area (Å²) in [6.07, 6.45) is 15.4. The van der Waals surface area contributed by atoms with Gasteiger partial charge in [-0.05, 0) is 189 Å². The molecule has 4 saturated carbocycles. The number of aromatic nitrogens is 1. The first-order valence-corrected chi connectivity index (χ1v) is 27.5. The van der Waals surface area contributed by atoms with Crippen LogP contribution in [0.2, 0.25) is 0 Å². The van der Waals surface area contributed by atoms with Gasteiger partial charge >= 0.3 is 0 Å². The predicted molar refractivity (Wildman–Crippen MR) is 305 cm³/mol. The minimum atomic E-state index is -0.0203. The molecular formula is C67H74BN3. The Morgan fingerprint density at radius 3 is 1.58 bits per heavy atom. The van der Waals surface area contributed by atoms with Crippen molar-refractivity contribution in [1.29, 1.82) is 0 Å². The second-order valence-corrected chi connectivity index (χ2v) is 26.5. The lowest BCUT2D eigenvalue weighted by atomic mass is 9.33. The highest BCUT2D eigenvalue weighted by Gasteiger charge is 2.53. The highest BCUT2D eigenvalue weighted by atomic mass is 15.2. The van der Waals surface area contributed by atoms with Crippen molar-refractivity contribution in [2.75, 3.05) is 9.80 Å². The van der Waals surface area contributed by atoms with Crippen molar-refractivity contribution < 1.29 is 0 Å². The summed E-state index contributed by atoms with van der Waals surface area (Å²) in [5, 5.41) is 1.43. The summed E-state index contributed by atoms with van der Waals surface area (Å²) in [4.78, 5) is 5.31. The minimum absolute atomic E-state index is 0.0181. The summed E-state index contributed by atoms with van der Waals surface area (Å²) in [5.74, 6) is 3.04. The fourth-order valence-electron chi connectivity index (χ4n) is 15.2. The van der Waals surface area contributed by atoms with Gasteiger partial charge in [0.15, 0.2) is 0 Å². The number of benzene rings is 6. The zero-order valence-corrected chi connectivity index (χ0v) is 44.5. The molecule has 3 nitrogen and oxygen atoms in total. The lowest BCUT2D eigenvalue weighted by Crippen LogP contribution is -2.61. The number of hydrogen-bond acceptors (Lipinski definition) is 2. The summed E-state index contributed by atoms with van der Waals surface area (Å²) < 4.78 is 2.82. The Kier molecular flexibility index (Phi) is 9.94. The van der Waals surface area contributed by atoms with Crippen molar-refractivity contribution in [2.45, 2.75) is 149 Å². The number of hydrogen-bond donors (Lipinski definition) is 0. The molecule has 0 amide bonds. The Hall–Kier alpha value is -5.74. The normalized spacial score (nSPS) is 23.0. The highest BCUT2D eigenvalue weighted by molar-refractivity contribution is 7.00. The molecule has 360 valence electrons. The maximum absolute atomic E-state index is 2.82. The topological polar surface area (TPSA) is 11.4 Å². The molecule has 0 radical (unpaired) electrons. The quantitative estimate of drug-likeness (QED) is 0.159. The van der Waals surface area contributed by atoms with Gasteiger partial charge in [0.25, 0.3) is 6.71 Å². The van der Waals surface area contributed by atoms with E-state index in [-0.39, 0.29) is 28.4 Å². The summed E-state index contributed by atoms with van der Waals surface area (Å²) in [6.45, 7) is 25.9. The molecule has 0 N–H and O–H groups in total. The first kappa shape index (κ1) is 45.2. The summed E-state index contributed by atoms with van der Waals surface area (Å²) in [6, 6.07) is 46.8. The number of fused-ring (bicyclic) bond motifs is 7. The van der Waals surface area contributed by atoms with Crippen LogP contribution < -0.4 is 26.2 Å². The molecule has 1 unspecified atom stereocenters. The average molecular weight is 932 g/mol. The molecule has 6 aromatic carbocycles. The first-order valence-electron chi connectivity index (χ1n) is 27.5.